The number of sulfone groups is 1. The fourth-order valence-corrected chi connectivity index (χ4v) is 4.78. The molecule has 1 aromatic carbocycles. The molecule has 0 fully saturated rings. The van der Waals surface area contributed by atoms with E-state index in [0.29, 0.717) is 0 Å². The van der Waals surface area contributed by atoms with E-state index in [1.54, 1.807) is 0 Å². The molecule has 0 amide bonds. The molecule has 0 spiro atoms. The van der Waals surface area contributed by atoms with Gasteiger partial charge in [-0.1, -0.05) is 24.3 Å². The number of benzene rings is 1. The van der Waals surface area contributed by atoms with E-state index in [9.17, 15) is 34.8 Å². The minimum atomic E-state index is -6.32. The number of alkyl halides is 3. The molecule has 2 aromatic rings. The smallest absolute Gasteiger partial charge is 0.289 e. The normalized spacial score (nSPS) is 14.2. The topological polar surface area (TPSA) is 94.6 Å². The van der Waals surface area contributed by atoms with Crippen LogP contribution >= 0.6 is 11.3 Å². The van der Waals surface area contributed by atoms with E-state index in [2.05, 4.69) is 4.18 Å². The maximum atomic E-state index is 12.6. The summed E-state index contributed by atoms with van der Waals surface area (Å²) in [6, 6.07) is 8.46. The first-order valence-electron chi connectivity index (χ1n) is 6.33. The van der Waals surface area contributed by atoms with Crippen molar-refractivity contribution in [2.24, 2.45) is 0 Å². The Balaban J connectivity index is 2.56. The molecular weight excluding hydrogens is 405 g/mol. The van der Waals surface area contributed by atoms with Gasteiger partial charge in [-0.05, 0) is 23.6 Å². The maximum absolute atomic E-state index is 12.6. The third-order valence-corrected chi connectivity index (χ3v) is 6.65. The van der Waals surface area contributed by atoms with Crippen LogP contribution in [0.4, 0.5) is 13.2 Å². The van der Waals surface area contributed by atoms with Crippen LogP contribution in [0.5, 0.6) is 0 Å². The molecule has 0 saturated carbocycles. The third-order valence-electron chi connectivity index (χ3n) is 2.83. The number of hydrogen-bond donors (Lipinski definition) is 0. The van der Waals surface area contributed by atoms with Gasteiger partial charge in [0.1, 0.15) is 0 Å². The summed E-state index contributed by atoms with van der Waals surface area (Å²) < 4.78 is 89.1. The Morgan fingerprint density at radius 2 is 1.60 bits per heavy atom. The molecule has 0 bridgehead atoms. The van der Waals surface area contributed by atoms with Gasteiger partial charge in [-0.2, -0.15) is 21.6 Å². The Morgan fingerprint density at radius 3 is 2.08 bits per heavy atom. The summed E-state index contributed by atoms with van der Waals surface area (Å²) in [4.78, 5) is 11.5. The van der Waals surface area contributed by atoms with Crippen molar-refractivity contribution in [1.29, 1.82) is 0 Å². The molecule has 12 heteroatoms. The SMILES string of the molecule is O=C(c1cccs1)C(OS(=O)(=O)C(F)(F)F)S(=O)(=O)c1ccccc1. The van der Waals surface area contributed by atoms with Crippen molar-refractivity contribution in [3.05, 3.63) is 52.7 Å². The fourth-order valence-electron chi connectivity index (χ4n) is 1.67. The van der Waals surface area contributed by atoms with Gasteiger partial charge >= 0.3 is 15.6 Å². The summed E-state index contributed by atoms with van der Waals surface area (Å²) >= 11 is 0.734. The van der Waals surface area contributed by atoms with Crippen molar-refractivity contribution < 1.29 is 39.0 Å². The van der Waals surface area contributed by atoms with Gasteiger partial charge in [0.15, 0.2) is 0 Å². The molecule has 1 heterocycles. The highest BCUT2D eigenvalue weighted by atomic mass is 32.2. The fraction of sp³-hybridized carbons (Fsp3) is 0.154. The molecule has 0 aliphatic carbocycles. The van der Waals surface area contributed by atoms with Gasteiger partial charge in [-0.3, -0.25) is 4.79 Å². The summed E-state index contributed by atoms with van der Waals surface area (Å²) in [5.74, 6) is -1.41. The van der Waals surface area contributed by atoms with Crippen molar-refractivity contribution in [1.82, 2.24) is 0 Å². The van der Waals surface area contributed by atoms with E-state index in [0.717, 1.165) is 29.5 Å². The van der Waals surface area contributed by atoms with Crippen molar-refractivity contribution in [3.8, 4) is 0 Å². The van der Waals surface area contributed by atoms with Crippen LogP contribution in [0, 0.1) is 0 Å². The lowest BCUT2D eigenvalue weighted by Gasteiger charge is -2.17. The molecule has 0 N–H and O–H groups in total. The van der Waals surface area contributed by atoms with Crippen LogP contribution in [0.1, 0.15) is 9.67 Å². The van der Waals surface area contributed by atoms with Gasteiger partial charge in [-0.25, -0.2) is 12.6 Å². The third kappa shape index (κ3) is 4.08. The van der Waals surface area contributed by atoms with Crippen LogP contribution in [0.15, 0.2) is 52.7 Å². The Hall–Kier alpha value is -1.76. The second-order valence-electron chi connectivity index (χ2n) is 4.53. The summed E-state index contributed by atoms with van der Waals surface area (Å²) in [5, 5.41) is 1.37. The minimum Gasteiger partial charge on any atom is -0.289 e. The van der Waals surface area contributed by atoms with Crippen molar-refractivity contribution in [2.45, 2.75) is 15.8 Å². The predicted molar refractivity (Wildman–Crippen MR) is 82.1 cm³/mol. The first-order valence-corrected chi connectivity index (χ1v) is 10.2. The van der Waals surface area contributed by atoms with Gasteiger partial charge in [0.2, 0.25) is 21.1 Å². The number of rotatable bonds is 6. The average molecular weight is 414 g/mol. The zero-order valence-electron chi connectivity index (χ0n) is 12.0. The highest BCUT2D eigenvalue weighted by Crippen LogP contribution is 2.30. The lowest BCUT2D eigenvalue weighted by atomic mass is 10.3. The summed E-state index contributed by atoms with van der Waals surface area (Å²) in [5.41, 5.74) is -8.77. The van der Waals surface area contributed by atoms with Gasteiger partial charge in [0.05, 0.1) is 9.77 Å². The van der Waals surface area contributed by atoms with Crippen molar-refractivity contribution in [3.63, 3.8) is 0 Å². The molecule has 25 heavy (non-hydrogen) atoms. The number of thiophene rings is 1. The zero-order chi connectivity index (χ0) is 18.9. The Bertz CT molecular complexity index is 948. The second kappa shape index (κ2) is 6.86. The Labute approximate surface area is 144 Å². The molecule has 1 atom stereocenters. The molecule has 1 aromatic heterocycles. The van der Waals surface area contributed by atoms with Crippen LogP contribution in [-0.4, -0.2) is 33.6 Å². The van der Waals surface area contributed by atoms with E-state index in [4.69, 9.17) is 0 Å². The minimum absolute atomic E-state index is 0.262. The molecule has 0 saturated heterocycles. The van der Waals surface area contributed by atoms with Gasteiger partial charge in [-0.15, -0.1) is 11.3 Å². The summed E-state index contributed by atoms with van der Waals surface area (Å²) in [6.45, 7) is 0. The second-order valence-corrected chi connectivity index (χ2v) is 9.03. The van der Waals surface area contributed by atoms with Gasteiger partial charge in [0, 0.05) is 0 Å². The zero-order valence-corrected chi connectivity index (χ0v) is 14.5. The van der Waals surface area contributed by atoms with E-state index in [1.807, 2.05) is 0 Å². The van der Waals surface area contributed by atoms with E-state index in [-0.39, 0.29) is 4.88 Å². The first-order chi connectivity index (χ1) is 11.5. The molecule has 0 aliphatic rings. The largest absolute Gasteiger partial charge is 0.523 e. The van der Waals surface area contributed by atoms with E-state index < -0.39 is 41.6 Å². The molecule has 0 radical (unpaired) electrons. The highest BCUT2D eigenvalue weighted by molar-refractivity contribution is 7.94. The van der Waals surface area contributed by atoms with Crippen LogP contribution in [0.2, 0.25) is 0 Å². The van der Waals surface area contributed by atoms with Crippen LogP contribution in [-0.2, 0) is 24.1 Å². The molecule has 6 nitrogen and oxygen atoms in total. The number of carbonyl (C=O) groups excluding carboxylic acids is 1. The van der Waals surface area contributed by atoms with E-state index in [1.165, 1.54) is 29.6 Å². The highest BCUT2D eigenvalue weighted by Gasteiger charge is 2.52. The number of Topliss-reactive ketones (excluding diaryl/α,β-unsaturated/α-hetero) is 1. The quantitative estimate of drug-likeness (QED) is 0.410. The van der Waals surface area contributed by atoms with Crippen molar-refractivity contribution in [2.75, 3.05) is 0 Å². The molecular formula is C13H9F3O6S3. The molecule has 0 aliphatic heterocycles. The number of halogens is 3. The van der Waals surface area contributed by atoms with Crippen LogP contribution in [0.3, 0.4) is 0 Å². The number of carbonyl (C=O) groups is 1. The van der Waals surface area contributed by atoms with Gasteiger partial charge in [0.25, 0.3) is 0 Å². The maximum Gasteiger partial charge on any atom is 0.523 e. The summed E-state index contributed by atoms with van der Waals surface area (Å²) in [7, 11) is -11.2. The molecule has 2 rings (SSSR count). The molecule has 1 unspecified atom stereocenters. The van der Waals surface area contributed by atoms with E-state index >= 15 is 0 Å². The standard InChI is InChI=1S/C13H9F3O6S3/c14-13(15,16)25(20,21)22-12(11(17)10-7-4-8-23-10)24(18,19)9-5-2-1-3-6-9/h1-8,12H. The lowest BCUT2D eigenvalue weighted by molar-refractivity contribution is -0.0544. The lowest BCUT2D eigenvalue weighted by Crippen LogP contribution is -2.39. The predicted octanol–water partition coefficient (Wildman–Crippen LogP) is 2.60. The average Bonchev–Trinajstić information content (AvgIpc) is 3.06. The van der Waals surface area contributed by atoms with Crippen LogP contribution < -0.4 is 0 Å². The summed E-state index contributed by atoms with van der Waals surface area (Å²) in [6.07, 6.45) is 0. The molecule has 136 valence electrons. The Morgan fingerprint density at radius 1 is 1.00 bits per heavy atom. The first kappa shape index (κ1) is 19.6. The van der Waals surface area contributed by atoms with Crippen LogP contribution in [0.25, 0.3) is 0 Å². The van der Waals surface area contributed by atoms with Crippen molar-refractivity contribution >= 4 is 37.1 Å². The Kier molecular flexibility index (Phi) is 5.37. The van der Waals surface area contributed by atoms with Gasteiger partial charge < -0.3 is 0 Å². The number of ketones is 1. The number of hydrogen-bond acceptors (Lipinski definition) is 7. The monoisotopic (exact) mass is 414 g/mol.